The Morgan fingerprint density at radius 3 is 2.70 bits per heavy atom. The van der Waals surface area contributed by atoms with Crippen molar-refractivity contribution in [2.45, 2.75) is 50.7 Å². The average molecular weight is 277 g/mol. The number of amides is 2. The van der Waals surface area contributed by atoms with Gasteiger partial charge in [-0.15, -0.1) is 0 Å². The van der Waals surface area contributed by atoms with E-state index in [4.69, 9.17) is 0 Å². The molecule has 1 aliphatic carbocycles. The van der Waals surface area contributed by atoms with Crippen LogP contribution in [0.1, 0.15) is 38.4 Å². The fourth-order valence-corrected chi connectivity index (χ4v) is 3.25. The number of hydrogen-bond donors (Lipinski definition) is 1. The Balaban J connectivity index is 1.96. The van der Waals surface area contributed by atoms with E-state index in [0.29, 0.717) is 12.4 Å². The van der Waals surface area contributed by atoms with Crippen LogP contribution in [0.4, 0.5) is 0 Å². The third kappa shape index (κ3) is 1.80. The number of carbonyl (C=O) groups is 2. The molecule has 3 rings (SSSR count). The maximum Gasteiger partial charge on any atom is 0.246 e. The number of piperazine rings is 1. The maximum absolute atomic E-state index is 12.5. The first-order valence-corrected chi connectivity index (χ1v) is 7.00. The van der Waals surface area contributed by atoms with Crippen LogP contribution in [-0.4, -0.2) is 43.1 Å². The summed E-state index contributed by atoms with van der Waals surface area (Å²) in [7, 11) is 1.79. The first-order valence-electron chi connectivity index (χ1n) is 7.00. The highest BCUT2D eigenvalue weighted by Gasteiger charge is 2.53. The van der Waals surface area contributed by atoms with E-state index in [0.717, 1.165) is 25.7 Å². The van der Waals surface area contributed by atoms with E-state index < -0.39 is 11.6 Å². The van der Waals surface area contributed by atoms with E-state index >= 15 is 0 Å². The molecule has 2 heterocycles. The minimum absolute atomic E-state index is 0.0238. The van der Waals surface area contributed by atoms with E-state index in [1.165, 1.54) is 6.33 Å². The number of hydrogen-bond acceptors (Lipinski definition) is 4. The molecule has 2 amide bonds. The lowest BCUT2D eigenvalue weighted by atomic mass is 9.89. The summed E-state index contributed by atoms with van der Waals surface area (Å²) in [5.74, 6) is 0.644. The van der Waals surface area contributed by atoms with Crippen molar-refractivity contribution in [3.63, 3.8) is 0 Å². The smallest absolute Gasteiger partial charge is 0.246 e. The summed E-state index contributed by atoms with van der Waals surface area (Å²) in [6.07, 6.45) is 4.88. The highest BCUT2D eigenvalue weighted by Crippen LogP contribution is 2.38. The van der Waals surface area contributed by atoms with Crippen molar-refractivity contribution in [3.05, 3.63) is 12.2 Å². The molecule has 1 aromatic heterocycles. The van der Waals surface area contributed by atoms with Gasteiger partial charge < -0.3 is 10.2 Å². The first kappa shape index (κ1) is 13.1. The van der Waals surface area contributed by atoms with Crippen molar-refractivity contribution in [2.24, 2.45) is 7.05 Å². The fourth-order valence-electron chi connectivity index (χ4n) is 3.25. The van der Waals surface area contributed by atoms with Gasteiger partial charge in [0.2, 0.25) is 11.8 Å². The zero-order valence-electron chi connectivity index (χ0n) is 11.8. The van der Waals surface area contributed by atoms with Gasteiger partial charge in [-0.3, -0.25) is 14.3 Å². The lowest BCUT2D eigenvalue weighted by Crippen LogP contribution is -2.68. The Labute approximate surface area is 117 Å². The van der Waals surface area contributed by atoms with Crippen molar-refractivity contribution in [1.29, 1.82) is 0 Å². The summed E-state index contributed by atoms with van der Waals surface area (Å²) in [5.41, 5.74) is -0.685. The van der Waals surface area contributed by atoms with Crippen LogP contribution in [-0.2, 0) is 23.2 Å². The number of aryl methyl sites for hydroxylation is 1. The van der Waals surface area contributed by atoms with Crippen molar-refractivity contribution < 1.29 is 9.59 Å². The zero-order valence-corrected chi connectivity index (χ0v) is 11.8. The molecule has 2 aliphatic rings. The zero-order chi connectivity index (χ0) is 14.3. The summed E-state index contributed by atoms with van der Waals surface area (Å²) >= 11 is 0. The quantitative estimate of drug-likeness (QED) is 0.823. The molecule has 0 aromatic carbocycles. The van der Waals surface area contributed by atoms with E-state index in [2.05, 4.69) is 15.4 Å². The molecule has 2 fully saturated rings. The predicted molar refractivity (Wildman–Crippen MR) is 70.4 cm³/mol. The number of aromatic nitrogens is 3. The largest absolute Gasteiger partial charge is 0.343 e. The second-order valence-corrected chi connectivity index (χ2v) is 5.66. The van der Waals surface area contributed by atoms with Crippen LogP contribution in [0.25, 0.3) is 0 Å². The minimum atomic E-state index is -0.685. The molecule has 1 N–H and O–H groups in total. The molecule has 108 valence electrons. The van der Waals surface area contributed by atoms with Crippen molar-refractivity contribution in [3.8, 4) is 0 Å². The van der Waals surface area contributed by atoms with Gasteiger partial charge in [-0.1, -0.05) is 12.8 Å². The highest BCUT2D eigenvalue weighted by atomic mass is 16.2. The summed E-state index contributed by atoms with van der Waals surface area (Å²) in [4.78, 5) is 30.9. The third-order valence-corrected chi connectivity index (χ3v) is 4.46. The van der Waals surface area contributed by atoms with E-state index in [-0.39, 0.29) is 11.8 Å². The van der Waals surface area contributed by atoms with Gasteiger partial charge in [0.1, 0.15) is 23.7 Å². The minimum Gasteiger partial charge on any atom is -0.343 e. The average Bonchev–Trinajstić information content (AvgIpc) is 3.03. The Bertz CT molecular complexity index is 547. The molecule has 1 unspecified atom stereocenters. The molecule has 1 saturated carbocycles. The van der Waals surface area contributed by atoms with Crippen molar-refractivity contribution >= 4 is 11.8 Å². The molecule has 7 heteroatoms. The highest BCUT2D eigenvalue weighted by molar-refractivity contribution is 5.99. The summed E-state index contributed by atoms with van der Waals surface area (Å²) in [6.45, 7) is 2.07. The van der Waals surface area contributed by atoms with Gasteiger partial charge in [0.05, 0.1) is 6.54 Å². The molecular formula is C13H19N5O2. The summed E-state index contributed by atoms with van der Waals surface area (Å²) in [5, 5.41) is 6.84. The first-order chi connectivity index (χ1) is 9.54. The third-order valence-electron chi connectivity index (χ3n) is 4.46. The lowest BCUT2D eigenvalue weighted by molar-refractivity contribution is -0.157. The van der Waals surface area contributed by atoms with Gasteiger partial charge in [-0.05, 0) is 19.8 Å². The molecule has 1 aromatic rings. The number of nitrogens with zero attached hydrogens (tertiary/aromatic N) is 4. The van der Waals surface area contributed by atoms with Crippen molar-refractivity contribution in [2.75, 3.05) is 0 Å². The molecule has 1 spiro atoms. The number of carbonyl (C=O) groups excluding carboxylic acids is 2. The summed E-state index contributed by atoms with van der Waals surface area (Å²) < 4.78 is 1.65. The van der Waals surface area contributed by atoms with Gasteiger partial charge in [0.25, 0.3) is 0 Å². The molecule has 20 heavy (non-hydrogen) atoms. The molecule has 1 saturated heterocycles. The maximum atomic E-state index is 12.5. The van der Waals surface area contributed by atoms with Gasteiger partial charge in [-0.25, -0.2) is 4.98 Å². The normalized spacial score (nSPS) is 25.3. The topological polar surface area (TPSA) is 80.1 Å². The SMILES string of the molecule is CC1NC(=O)C2(CCCC2)N(Cc2ncnn2C)C1=O. The van der Waals surface area contributed by atoms with Gasteiger partial charge in [0, 0.05) is 7.05 Å². The van der Waals surface area contributed by atoms with Gasteiger partial charge >= 0.3 is 0 Å². The van der Waals surface area contributed by atoms with Crippen LogP contribution < -0.4 is 5.32 Å². The molecule has 1 atom stereocenters. The van der Waals surface area contributed by atoms with Crippen LogP contribution in [0.15, 0.2) is 6.33 Å². The van der Waals surface area contributed by atoms with Crippen LogP contribution in [0.5, 0.6) is 0 Å². The number of rotatable bonds is 2. The van der Waals surface area contributed by atoms with E-state index in [9.17, 15) is 9.59 Å². The molecular weight excluding hydrogens is 258 g/mol. The fraction of sp³-hybridized carbons (Fsp3) is 0.692. The second kappa shape index (κ2) is 4.57. The standard InChI is InChI=1S/C13H19N5O2/c1-9-11(19)18(7-10-14-8-15-17(10)2)13(12(20)16-9)5-3-4-6-13/h8-9H,3-7H2,1-2H3,(H,16,20). The molecule has 0 bridgehead atoms. The van der Waals surface area contributed by atoms with Crippen LogP contribution in [0, 0.1) is 0 Å². The van der Waals surface area contributed by atoms with E-state index in [1.807, 2.05) is 0 Å². The molecule has 7 nitrogen and oxygen atoms in total. The Kier molecular flexibility index (Phi) is 2.99. The van der Waals surface area contributed by atoms with Crippen LogP contribution in [0.2, 0.25) is 0 Å². The van der Waals surface area contributed by atoms with E-state index in [1.54, 1.807) is 23.6 Å². The number of nitrogens with one attached hydrogen (secondary N) is 1. The Hall–Kier alpha value is -1.92. The van der Waals surface area contributed by atoms with Gasteiger partial charge in [0.15, 0.2) is 0 Å². The second-order valence-electron chi connectivity index (χ2n) is 5.66. The Morgan fingerprint density at radius 1 is 1.40 bits per heavy atom. The molecule has 1 aliphatic heterocycles. The van der Waals surface area contributed by atoms with Gasteiger partial charge in [-0.2, -0.15) is 5.10 Å². The van der Waals surface area contributed by atoms with Crippen molar-refractivity contribution in [1.82, 2.24) is 25.0 Å². The predicted octanol–water partition coefficient (Wildman–Crippen LogP) is -0.0252. The monoisotopic (exact) mass is 277 g/mol. The summed E-state index contributed by atoms with van der Waals surface area (Å²) in [6, 6.07) is -0.470. The van der Waals surface area contributed by atoms with Crippen LogP contribution in [0.3, 0.4) is 0 Å². The molecule has 0 radical (unpaired) electrons. The Morgan fingerprint density at radius 2 is 2.10 bits per heavy atom. The lowest BCUT2D eigenvalue weighted by Gasteiger charge is -2.45. The van der Waals surface area contributed by atoms with Crippen LogP contribution >= 0.6 is 0 Å².